The second kappa shape index (κ2) is 5.83. The van der Waals surface area contributed by atoms with E-state index in [4.69, 9.17) is 5.11 Å². The minimum atomic E-state index is -0.609. The molecule has 6 heteroatoms. The highest BCUT2D eigenvalue weighted by molar-refractivity contribution is 5.90. The van der Waals surface area contributed by atoms with Gasteiger partial charge in [0, 0.05) is 18.7 Å². The van der Waals surface area contributed by atoms with Gasteiger partial charge in [-0.2, -0.15) is 0 Å². The van der Waals surface area contributed by atoms with Crippen molar-refractivity contribution in [3.05, 3.63) is 12.1 Å². The molecule has 5 N–H and O–H groups in total. The van der Waals surface area contributed by atoms with Crippen molar-refractivity contribution in [3.63, 3.8) is 0 Å². The number of unbranched alkanes of at least 4 members (excludes halogenated alkanes) is 1. The molecule has 0 aromatic heterocycles. The summed E-state index contributed by atoms with van der Waals surface area (Å²) >= 11 is 0. The molecular weight excluding hydrogens is 224 g/mol. The SMILES string of the molecule is CCCCNC(=O)Nc1cc(O)c(O)c(O)c1. The lowest BCUT2D eigenvalue weighted by Crippen LogP contribution is -2.29. The van der Waals surface area contributed by atoms with E-state index in [1.807, 2.05) is 6.92 Å². The maximum absolute atomic E-state index is 11.3. The number of phenolic OH excluding ortho intramolecular Hbond substituents is 3. The second-order valence-electron chi connectivity index (χ2n) is 3.60. The number of phenols is 3. The third-order valence-corrected chi connectivity index (χ3v) is 2.14. The number of hydrogen-bond donors (Lipinski definition) is 5. The Labute approximate surface area is 98.9 Å². The van der Waals surface area contributed by atoms with Crippen LogP contribution >= 0.6 is 0 Å². The van der Waals surface area contributed by atoms with Gasteiger partial charge < -0.3 is 26.0 Å². The Hall–Kier alpha value is -2.11. The van der Waals surface area contributed by atoms with Gasteiger partial charge in [0.25, 0.3) is 0 Å². The molecule has 0 atom stereocenters. The van der Waals surface area contributed by atoms with E-state index in [1.54, 1.807) is 0 Å². The van der Waals surface area contributed by atoms with Crippen molar-refractivity contribution >= 4 is 11.7 Å². The lowest BCUT2D eigenvalue weighted by molar-refractivity contribution is 0.252. The van der Waals surface area contributed by atoms with Crippen LogP contribution in [0.1, 0.15) is 19.8 Å². The molecule has 0 fully saturated rings. The molecular formula is C11H16N2O4. The van der Waals surface area contributed by atoms with Crippen molar-refractivity contribution in [2.24, 2.45) is 0 Å². The number of amides is 2. The van der Waals surface area contributed by atoms with E-state index in [1.165, 1.54) is 0 Å². The molecule has 2 amide bonds. The van der Waals surface area contributed by atoms with Crippen molar-refractivity contribution < 1.29 is 20.1 Å². The number of carbonyl (C=O) groups is 1. The summed E-state index contributed by atoms with van der Waals surface area (Å²) in [5, 5.41) is 32.6. The minimum Gasteiger partial charge on any atom is -0.504 e. The van der Waals surface area contributed by atoms with Crippen LogP contribution in [0.15, 0.2) is 12.1 Å². The Balaban J connectivity index is 2.60. The number of benzene rings is 1. The molecule has 0 aliphatic heterocycles. The minimum absolute atomic E-state index is 0.201. The van der Waals surface area contributed by atoms with Gasteiger partial charge in [0.1, 0.15) is 0 Å². The lowest BCUT2D eigenvalue weighted by Gasteiger charge is -2.09. The maximum Gasteiger partial charge on any atom is 0.319 e. The Kier molecular flexibility index (Phi) is 4.45. The van der Waals surface area contributed by atoms with Gasteiger partial charge in [0.15, 0.2) is 17.2 Å². The number of aromatic hydroxyl groups is 3. The monoisotopic (exact) mass is 240 g/mol. The van der Waals surface area contributed by atoms with Crippen LogP contribution in [0.5, 0.6) is 17.2 Å². The molecule has 0 spiro atoms. The van der Waals surface area contributed by atoms with Gasteiger partial charge in [-0.25, -0.2) is 4.79 Å². The first-order valence-corrected chi connectivity index (χ1v) is 5.34. The number of carbonyl (C=O) groups excluding carboxylic acids is 1. The molecule has 1 aromatic rings. The molecule has 0 aliphatic rings. The average Bonchev–Trinajstić information content (AvgIpc) is 2.26. The normalized spacial score (nSPS) is 9.94. The summed E-state index contributed by atoms with van der Waals surface area (Å²) in [5.74, 6) is -1.59. The fourth-order valence-electron chi connectivity index (χ4n) is 1.23. The van der Waals surface area contributed by atoms with Gasteiger partial charge in [-0.3, -0.25) is 0 Å². The zero-order chi connectivity index (χ0) is 12.8. The molecule has 0 unspecified atom stereocenters. The smallest absolute Gasteiger partial charge is 0.319 e. The zero-order valence-corrected chi connectivity index (χ0v) is 9.53. The number of anilines is 1. The molecule has 94 valence electrons. The summed E-state index contributed by atoms with van der Waals surface area (Å²) < 4.78 is 0. The first-order chi connectivity index (χ1) is 8.04. The van der Waals surface area contributed by atoms with E-state index in [2.05, 4.69) is 10.6 Å². The third-order valence-electron chi connectivity index (χ3n) is 2.14. The fourth-order valence-corrected chi connectivity index (χ4v) is 1.23. The first kappa shape index (κ1) is 13.0. The van der Waals surface area contributed by atoms with Crippen LogP contribution in [0.2, 0.25) is 0 Å². The van der Waals surface area contributed by atoms with Crippen LogP contribution < -0.4 is 10.6 Å². The van der Waals surface area contributed by atoms with Crippen molar-refractivity contribution in [1.82, 2.24) is 5.32 Å². The molecule has 6 nitrogen and oxygen atoms in total. The van der Waals surface area contributed by atoms with E-state index < -0.39 is 23.3 Å². The van der Waals surface area contributed by atoms with Crippen molar-refractivity contribution in [3.8, 4) is 17.2 Å². The summed E-state index contributed by atoms with van der Waals surface area (Å²) in [6.45, 7) is 2.56. The zero-order valence-electron chi connectivity index (χ0n) is 9.53. The van der Waals surface area contributed by atoms with Crippen LogP contribution in [0.3, 0.4) is 0 Å². The molecule has 0 radical (unpaired) electrons. The Morgan fingerprint density at radius 2 is 1.82 bits per heavy atom. The van der Waals surface area contributed by atoms with Gasteiger partial charge in [0.05, 0.1) is 5.69 Å². The summed E-state index contributed by atoms with van der Waals surface area (Å²) in [6, 6.07) is 1.87. The van der Waals surface area contributed by atoms with Crippen LogP contribution in [0, 0.1) is 0 Å². The van der Waals surface area contributed by atoms with Gasteiger partial charge in [-0.15, -0.1) is 0 Å². The maximum atomic E-state index is 11.3. The number of urea groups is 1. The molecule has 1 rings (SSSR count). The predicted molar refractivity (Wildman–Crippen MR) is 63.4 cm³/mol. The van der Waals surface area contributed by atoms with Crippen LogP contribution in [0.4, 0.5) is 10.5 Å². The summed E-state index contributed by atoms with van der Waals surface area (Å²) in [4.78, 5) is 11.3. The average molecular weight is 240 g/mol. The summed E-state index contributed by atoms with van der Waals surface area (Å²) in [7, 11) is 0. The molecule has 0 heterocycles. The topological polar surface area (TPSA) is 102 Å². The van der Waals surface area contributed by atoms with Crippen LogP contribution in [-0.4, -0.2) is 27.9 Å². The van der Waals surface area contributed by atoms with E-state index in [0.717, 1.165) is 25.0 Å². The quantitative estimate of drug-likeness (QED) is 0.314. The van der Waals surface area contributed by atoms with E-state index in [-0.39, 0.29) is 5.69 Å². The van der Waals surface area contributed by atoms with Crippen molar-refractivity contribution in [2.75, 3.05) is 11.9 Å². The van der Waals surface area contributed by atoms with Crippen LogP contribution in [-0.2, 0) is 0 Å². The standard InChI is InChI=1S/C11H16N2O4/c1-2-3-4-12-11(17)13-7-5-8(14)10(16)9(15)6-7/h5-6,14-16H,2-4H2,1H3,(H2,12,13,17). The van der Waals surface area contributed by atoms with Crippen LogP contribution in [0.25, 0.3) is 0 Å². The van der Waals surface area contributed by atoms with E-state index >= 15 is 0 Å². The lowest BCUT2D eigenvalue weighted by atomic mass is 10.2. The first-order valence-electron chi connectivity index (χ1n) is 5.34. The highest BCUT2D eigenvalue weighted by Crippen LogP contribution is 2.37. The fraction of sp³-hybridized carbons (Fsp3) is 0.364. The highest BCUT2D eigenvalue weighted by atomic mass is 16.3. The molecule has 17 heavy (non-hydrogen) atoms. The predicted octanol–water partition coefficient (Wildman–Crippen LogP) is 1.72. The molecule has 1 aromatic carbocycles. The summed E-state index contributed by atoms with van der Waals surface area (Å²) in [5.41, 5.74) is 0.201. The molecule has 0 saturated heterocycles. The van der Waals surface area contributed by atoms with Crippen molar-refractivity contribution in [2.45, 2.75) is 19.8 Å². The number of hydrogen-bond acceptors (Lipinski definition) is 4. The Morgan fingerprint density at radius 1 is 1.24 bits per heavy atom. The largest absolute Gasteiger partial charge is 0.504 e. The Bertz CT molecular complexity index is 383. The third kappa shape index (κ3) is 3.75. The molecule has 0 saturated carbocycles. The highest BCUT2D eigenvalue weighted by Gasteiger charge is 2.09. The molecule has 0 aliphatic carbocycles. The summed E-state index contributed by atoms with van der Waals surface area (Å²) in [6.07, 6.45) is 1.85. The second-order valence-corrected chi connectivity index (χ2v) is 3.60. The van der Waals surface area contributed by atoms with Gasteiger partial charge in [0.2, 0.25) is 0 Å². The van der Waals surface area contributed by atoms with Gasteiger partial charge >= 0.3 is 6.03 Å². The van der Waals surface area contributed by atoms with Crippen molar-refractivity contribution in [1.29, 1.82) is 0 Å². The number of nitrogens with one attached hydrogen (secondary N) is 2. The number of rotatable bonds is 4. The van der Waals surface area contributed by atoms with E-state index in [0.29, 0.717) is 6.54 Å². The molecule has 0 bridgehead atoms. The van der Waals surface area contributed by atoms with E-state index in [9.17, 15) is 15.0 Å². The Morgan fingerprint density at radius 3 is 2.35 bits per heavy atom. The van der Waals surface area contributed by atoms with Gasteiger partial charge in [-0.05, 0) is 6.42 Å². The van der Waals surface area contributed by atoms with Gasteiger partial charge in [-0.1, -0.05) is 13.3 Å².